The van der Waals surface area contributed by atoms with Crippen molar-refractivity contribution in [3.8, 4) is 11.4 Å². The van der Waals surface area contributed by atoms with Crippen molar-refractivity contribution in [1.29, 1.82) is 0 Å². The molecule has 1 aromatic carbocycles. The third kappa shape index (κ3) is 3.69. The monoisotopic (exact) mass is 319 g/mol. The molecule has 0 aliphatic carbocycles. The van der Waals surface area contributed by atoms with Crippen LogP contribution in [-0.4, -0.2) is 58.2 Å². The molecule has 0 radical (unpaired) electrons. The topological polar surface area (TPSA) is 80.7 Å². The lowest BCUT2D eigenvalue weighted by Gasteiger charge is -2.34. The van der Waals surface area contributed by atoms with Gasteiger partial charge in [-0.3, -0.25) is 14.0 Å². The second-order valence-corrected chi connectivity index (χ2v) is 5.82. The maximum atomic E-state index is 11.9. The van der Waals surface area contributed by atoms with Crippen LogP contribution in [0.15, 0.2) is 39.6 Å². The van der Waals surface area contributed by atoms with Crippen molar-refractivity contribution < 1.29 is 14.4 Å². The molecule has 1 aliphatic rings. The number of aromatic nitrogens is 2. The number of rotatable bonds is 5. The summed E-state index contributed by atoms with van der Waals surface area (Å²) in [6, 6.07) is 9.58. The number of nitrogens with zero attached hydrogens (tertiary/aromatic N) is 3. The van der Waals surface area contributed by atoms with Crippen molar-refractivity contribution in [1.82, 2.24) is 14.6 Å². The van der Waals surface area contributed by atoms with Crippen molar-refractivity contribution in [2.24, 2.45) is 0 Å². The average molecular weight is 319 g/mol. The van der Waals surface area contributed by atoms with E-state index in [9.17, 15) is 9.90 Å². The summed E-state index contributed by atoms with van der Waals surface area (Å²) < 4.78 is 11.5. The molecule has 7 heteroatoms. The molecule has 2 heterocycles. The standard InChI is InChI=1S/C16H21N3O4/c1-12-11-22-8-7-18(12)9-14(20)10-19-15(17-23-16(19)21)13-5-3-2-4-6-13/h2-6,12,14,20H,7-11H2,1H3. The van der Waals surface area contributed by atoms with Crippen molar-refractivity contribution in [2.45, 2.75) is 25.6 Å². The Hall–Kier alpha value is -1.96. The van der Waals surface area contributed by atoms with Crippen LogP contribution in [0.5, 0.6) is 0 Å². The van der Waals surface area contributed by atoms with E-state index in [1.54, 1.807) is 0 Å². The second-order valence-electron chi connectivity index (χ2n) is 5.82. The Morgan fingerprint density at radius 2 is 2.13 bits per heavy atom. The molecule has 124 valence electrons. The molecule has 0 saturated carbocycles. The highest BCUT2D eigenvalue weighted by Gasteiger charge is 2.23. The summed E-state index contributed by atoms with van der Waals surface area (Å²) in [6.45, 7) is 4.80. The van der Waals surface area contributed by atoms with Gasteiger partial charge in [0.05, 0.1) is 25.9 Å². The fraction of sp³-hybridized carbons (Fsp3) is 0.500. The molecule has 1 aliphatic heterocycles. The number of β-amino-alcohol motifs (C(OH)–C–C–N with tert-alkyl or cyclic N) is 1. The van der Waals surface area contributed by atoms with E-state index in [1.165, 1.54) is 4.57 Å². The number of aliphatic hydroxyl groups is 1. The first-order valence-electron chi connectivity index (χ1n) is 7.77. The summed E-state index contributed by atoms with van der Waals surface area (Å²) in [5.41, 5.74) is 0.783. The minimum atomic E-state index is -0.685. The fourth-order valence-corrected chi connectivity index (χ4v) is 2.80. The van der Waals surface area contributed by atoms with Crippen molar-refractivity contribution >= 4 is 0 Å². The van der Waals surface area contributed by atoms with E-state index in [0.717, 1.165) is 12.1 Å². The lowest BCUT2D eigenvalue weighted by atomic mass is 10.2. The first-order chi connectivity index (χ1) is 11.1. The van der Waals surface area contributed by atoms with Crippen LogP contribution in [0.2, 0.25) is 0 Å². The first kappa shape index (κ1) is 15.9. The summed E-state index contributed by atoms with van der Waals surface area (Å²) >= 11 is 0. The van der Waals surface area contributed by atoms with Crippen LogP contribution < -0.4 is 5.76 Å². The van der Waals surface area contributed by atoms with Crippen LogP contribution in [-0.2, 0) is 11.3 Å². The molecular weight excluding hydrogens is 298 g/mol. The Bertz CT molecular complexity index is 682. The van der Waals surface area contributed by atoms with E-state index >= 15 is 0 Å². The summed E-state index contributed by atoms with van der Waals surface area (Å²) in [7, 11) is 0. The van der Waals surface area contributed by atoms with Gasteiger partial charge in [0, 0.05) is 24.7 Å². The average Bonchev–Trinajstić information content (AvgIpc) is 2.91. The minimum Gasteiger partial charge on any atom is -0.390 e. The Morgan fingerprint density at radius 1 is 1.35 bits per heavy atom. The summed E-state index contributed by atoms with van der Waals surface area (Å²) in [5, 5.41) is 14.2. The van der Waals surface area contributed by atoms with Gasteiger partial charge in [0.2, 0.25) is 0 Å². The zero-order chi connectivity index (χ0) is 16.2. The molecule has 1 fully saturated rings. The maximum absolute atomic E-state index is 11.9. The highest BCUT2D eigenvalue weighted by atomic mass is 16.5. The van der Waals surface area contributed by atoms with Crippen LogP contribution in [0.1, 0.15) is 6.92 Å². The highest BCUT2D eigenvalue weighted by Crippen LogP contribution is 2.15. The van der Waals surface area contributed by atoms with Gasteiger partial charge in [0.25, 0.3) is 0 Å². The van der Waals surface area contributed by atoms with E-state index in [0.29, 0.717) is 25.6 Å². The number of aliphatic hydroxyl groups excluding tert-OH is 1. The Kier molecular flexibility index (Phi) is 4.90. The number of hydrogen-bond donors (Lipinski definition) is 1. The Balaban J connectivity index is 1.72. The van der Waals surface area contributed by atoms with E-state index in [2.05, 4.69) is 17.0 Å². The molecular formula is C16H21N3O4. The van der Waals surface area contributed by atoms with Gasteiger partial charge < -0.3 is 9.84 Å². The lowest BCUT2D eigenvalue weighted by Crippen LogP contribution is -2.47. The van der Waals surface area contributed by atoms with E-state index in [1.807, 2.05) is 30.3 Å². The van der Waals surface area contributed by atoms with Crippen LogP contribution >= 0.6 is 0 Å². The van der Waals surface area contributed by atoms with E-state index in [-0.39, 0.29) is 12.6 Å². The Labute approximate surface area is 134 Å². The summed E-state index contributed by atoms with van der Waals surface area (Å²) in [4.78, 5) is 14.1. The third-order valence-electron chi connectivity index (χ3n) is 4.06. The largest absolute Gasteiger partial charge is 0.441 e. The molecule has 1 saturated heterocycles. The van der Waals surface area contributed by atoms with Crippen LogP contribution in [0.3, 0.4) is 0 Å². The van der Waals surface area contributed by atoms with E-state index < -0.39 is 11.9 Å². The molecule has 3 rings (SSSR count). The fourth-order valence-electron chi connectivity index (χ4n) is 2.80. The lowest BCUT2D eigenvalue weighted by molar-refractivity contribution is -0.0223. The van der Waals surface area contributed by atoms with Crippen molar-refractivity contribution in [3.63, 3.8) is 0 Å². The summed E-state index contributed by atoms with van der Waals surface area (Å²) in [5.74, 6) is -0.123. The smallest absolute Gasteiger partial charge is 0.390 e. The van der Waals surface area contributed by atoms with Gasteiger partial charge in [-0.2, -0.15) is 0 Å². The van der Waals surface area contributed by atoms with Crippen LogP contribution in [0, 0.1) is 0 Å². The van der Waals surface area contributed by atoms with Gasteiger partial charge in [-0.05, 0) is 6.92 Å². The molecule has 1 aromatic heterocycles. The zero-order valence-corrected chi connectivity index (χ0v) is 13.1. The van der Waals surface area contributed by atoms with Gasteiger partial charge in [-0.25, -0.2) is 4.79 Å². The number of hydrogen-bond acceptors (Lipinski definition) is 6. The predicted molar refractivity (Wildman–Crippen MR) is 84.1 cm³/mol. The summed E-state index contributed by atoms with van der Waals surface area (Å²) in [6.07, 6.45) is -0.685. The quantitative estimate of drug-likeness (QED) is 0.868. The molecule has 7 nitrogen and oxygen atoms in total. The second kappa shape index (κ2) is 7.08. The molecule has 2 unspecified atom stereocenters. The molecule has 0 bridgehead atoms. The number of benzene rings is 1. The zero-order valence-electron chi connectivity index (χ0n) is 13.1. The minimum absolute atomic E-state index is 0.149. The van der Waals surface area contributed by atoms with Gasteiger partial charge in [0.15, 0.2) is 5.82 Å². The molecule has 2 aromatic rings. The van der Waals surface area contributed by atoms with Crippen molar-refractivity contribution in [3.05, 3.63) is 40.9 Å². The van der Waals surface area contributed by atoms with Crippen LogP contribution in [0.25, 0.3) is 11.4 Å². The Morgan fingerprint density at radius 3 is 2.87 bits per heavy atom. The SMILES string of the molecule is CC1COCCN1CC(O)Cn1c(-c2ccccc2)noc1=O. The van der Waals surface area contributed by atoms with Gasteiger partial charge in [-0.1, -0.05) is 35.5 Å². The molecule has 1 N–H and O–H groups in total. The van der Waals surface area contributed by atoms with Gasteiger partial charge in [-0.15, -0.1) is 0 Å². The van der Waals surface area contributed by atoms with Gasteiger partial charge in [0.1, 0.15) is 0 Å². The number of morpholine rings is 1. The maximum Gasteiger partial charge on any atom is 0.441 e. The van der Waals surface area contributed by atoms with Crippen LogP contribution in [0.4, 0.5) is 0 Å². The highest BCUT2D eigenvalue weighted by molar-refractivity contribution is 5.54. The molecule has 23 heavy (non-hydrogen) atoms. The predicted octanol–water partition coefficient (Wildman–Crippen LogP) is 0.585. The molecule has 2 atom stereocenters. The number of ether oxygens (including phenoxy) is 1. The normalized spacial score (nSPS) is 20.5. The first-order valence-corrected chi connectivity index (χ1v) is 7.77. The third-order valence-corrected chi connectivity index (χ3v) is 4.06. The molecule has 0 amide bonds. The van der Waals surface area contributed by atoms with E-state index in [4.69, 9.17) is 9.26 Å². The van der Waals surface area contributed by atoms with Gasteiger partial charge >= 0.3 is 5.76 Å². The molecule has 0 spiro atoms. The van der Waals surface area contributed by atoms with Crippen molar-refractivity contribution in [2.75, 3.05) is 26.3 Å².